The summed E-state index contributed by atoms with van der Waals surface area (Å²) in [6, 6.07) is -1.44. The molecule has 0 saturated carbocycles. The third kappa shape index (κ3) is 6.79. The Morgan fingerprint density at radius 3 is 2.74 bits per heavy atom. The number of imidazole rings is 1. The third-order valence-corrected chi connectivity index (χ3v) is 3.22. The van der Waals surface area contributed by atoms with Crippen molar-refractivity contribution in [2.45, 2.75) is 45.7 Å². The summed E-state index contributed by atoms with van der Waals surface area (Å²) in [6.07, 6.45) is 3.72. The molecule has 0 saturated heterocycles. The first kappa shape index (κ1) is 19.1. The van der Waals surface area contributed by atoms with Crippen LogP contribution in [0.25, 0.3) is 0 Å². The Hall–Kier alpha value is -1.93. The van der Waals surface area contributed by atoms with Crippen LogP contribution in [-0.4, -0.2) is 52.0 Å². The molecule has 0 spiro atoms. The number of carbonyl (C=O) groups excluding carboxylic acids is 1. The van der Waals surface area contributed by atoms with Gasteiger partial charge in [0.05, 0.1) is 18.3 Å². The number of aliphatic carboxylic acids is 1. The van der Waals surface area contributed by atoms with Crippen molar-refractivity contribution in [1.82, 2.24) is 14.9 Å². The maximum absolute atomic E-state index is 12.2. The highest BCUT2D eigenvalue weighted by atomic mass is 16.5. The van der Waals surface area contributed by atoms with Crippen LogP contribution >= 0.6 is 0 Å². The molecule has 0 unspecified atom stereocenters. The predicted molar refractivity (Wildman–Crippen MR) is 85.2 cm³/mol. The number of amides is 1. The Morgan fingerprint density at radius 1 is 1.48 bits per heavy atom. The lowest BCUT2D eigenvalue weighted by Crippen LogP contribution is -2.41. The zero-order valence-corrected chi connectivity index (χ0v) is 13.9. The highest BCUT2D eigenvalue weighted by Gasteiger charge is 2.18. The number of rotatable bonds is 9. The lowest BCUT2D eigenvalue weighted by atomic mass is 10.0. The maximum Gasteiger partial charge on any atom is 0.327 e. The second-order valence-electron chi connectivity index (χ2n) is 5.86. The molecule has 0 aliphatic heterocycles. The molecule has 4 N–H and O–H groups in total. The molecule has 23 heavy (non-hydrogen) atoms. The SMILES string of the molecule is CCOC[C@H](CC(C)C)NC(=O)n1cnc(C[C@H](N)C(=O)O)c1. The Kier molecular flexibility index (Phi) is 7.70. The van der Waals surface area contributed by atoms with Gasteiger partial charge in [-0.3, -0.25) is 9.36 Å². The van der Waals surface area contributed by atoms with Gasteiger partial charge in [-0.15, -0.1) is 0 Å². The predicted octanol–water partition coefficient (Wildman–Crippen LogP) is 0.846. The van der Waals surface area contributed by atoms with E-state index in [0.29, 0.717) is 24.8 Å². The molecule has 0 aliphatic rings. The molecule has 2 atom stereocenters. The van der Waals surface area contributed by atoms with E-state index in [1.54, 1.807) is 0 Å². The molecule has 8 heteroatoms. The molecule has 1 amide bonds. The smallest absolute Gasteiger partial charge is 0.327 e. The lowest BCUT2D eigenvalue weighted by Gasteiger charge is -2.20. The monoisotopic (exact) mass is 326 g/mol. The van der Waals surface area contributed by atoms with Crippen molar-refractivity contribution in [2.75, 3.05) is 13.2 Å². The van der Waals surface area contributed by atoms with Gasteiger partial charge < -0.3 is 20.9 Å². The zero-order chi connectivity index (χ0) is 17.4. The number of carbonyl (C=O) groups is 2. The van der Waals surface area contributed by atoms with E-state index in [4.69, 9.17) is 15.6 Å². The summed E-state index contributed by atoms with van der Waals surface area (Å²) in [6.45, 7) is 7.10. The summed E-state index contributed by atoms with van der Waals surface area (Å²) in [5, 5.41) is 11.7. The van der Waals surface area contributed by atoms with E-state index in [1.807, 2.05) is 6.92 Å². The first-order valence-corrected chi connectivity index (χ1v) is 7.73. The van der Waals surface area contributed by atoms with Crippen LogP contribution in [0.2, 0.25) is 0 Å². The van der Waals surface area contributed by atoms with Crippen LogP contribution in [0.15, 0.2) is 12.5 Å². The maximum atomic E-state index is 12.2. The molecule has 0 aliphatic carbocycles. The van der Waals surface area contributed by atoms with Crippen LogP contribution in [-0.2, 0) is 16.0 Å². The fourth-order valence-electron chi connectivity index (χ4n) is 2.14. The largest absolute Gasteiger partial charge is 0.480 e. The fraction of sp³-hybridized carbons (Fsp3) is 0.667. The molecule has 1 heterocycles. The molecule has 0 radical (unpaired) electrons. The number of ether oxygens (including phenoxy) is 1. The summed E-state index contributed by atoms with van der Waals surface area (Å²) in [5.41, 5.74) is 5.92. The Morgan fingerprint density at radius 2 is 2.17 bits per heavy atom. The minimum Gasteiger partial charge on any atom is -0.480 e. The standard InChI is InChI=1S/C15H26N4O4/c1-4-23-8-12(5-10(2)3)18-15(22)19-7-11(17-9-19)6-13(16)14(20)21/h7,9-10,12-13H,4-6,8,16H2,1-3H3,(H,18,22)(H,20,21)/t12-,13-/m0/s1. The van der Waals surface area contributed by atoms with Crippen molar-refractivity contribution in [3.8, 4) is 0 Å². The number of hydrogen-bond acceptors (Lipinski definition) is 5. The summed E-state index contributed by atoms with van der Waals surface area (Å²) in [7, 11) is 0. The topological polar surface area (TPSA) is 119 Å². The minimum absolute atomic E-state index is 0.0734. The van der Waals surface area contributed by atoms with Gasteiger partial charge in [-0.05, 0) is 19.3 Å². The molecular weight excluding hydrogens is 300 g/mol. The number of carboxylic acid groups (broad SMARTS) is 1. The Bertz CT molecular complexity index is 515. The molecule has 1 aromatic heterocycles. The van der Waals surface area contributed by atoms with Crippen LogP contribution in [0.5, 0.6) is 0 Å². The molecule has 130 valence electrons. The van der Waals surface area contributed by atoms with E-state index in [-0.39, 0.29) is 18.5 Å². The van der Waals surface area contributed by atoms with Crippen molar-refractivity contribution >= 4 is 12.0 Å². The molecule has 0 aromatic carbocycles. The molecule has 1 rings (SSSR count). The number of nitrogens with zero attached hydrogens (tertiary/aromatic N) is 2. The number of nitrogens with one attached hydrogen (secondary N) is 1. The van der Waals surface area contributed by atoms with Gasteiger partial charge in [-0.1, -0.05) is 13.8 Å². The second-order valence-corrected chi connectivity index (χ2v) is 5.86. The number of aromatic nitrogens is 2. The normalized spacial score (nSPS) is 13.8. The van der Waals surface area contributed by atoms with Crippen LogP contribution < -0.4 is 11.1 Å². The number of nitrogens with two attached hydrogens (primary N) is 1. The van der Waals surface area contributed by atoms with E-state index >= 15 is 0 Å². The van der Waals surface area contributed by atoms with Crippen LogP contribution in [0.4, 0.5) is 4.79 Å². The quantitative estimate of drug-likeness (QED) is 0.619. The molecule has 1 aromatic rings. The van der Waals surface area contributed by atoms with Crippen molar-refractivity contribution in [1.29, 1.82) is 0 Å². The molecule has 0 bridgehead atoms. The van der Waals surface area contributed by atoms with Gasteiger partial charge in [0.25, 0.3) is 0 Å². The van der Waals surface area contributed by atoms with Gasteiger partial charge in [-0.2, -0.15) is 0 Å². The average Bonchev–Trinajstić information content (AvgIpc) is 2.92. The Labute approximate surface area is 136 Å². The number of hydrogen-bond donors (Lipinski definition) is 3. The van der Waals surface area contributed by atoms with Crippen LogP contribution in [0.1, 0.15) is 32.9 Å². The summed E-state index contributed by atoms with van der Waals surface area (Å²) in [5.74, 6) is -0.676. The van der Waals surface area contributed by atoms with E-state index in [1.165, 1.54) is 17.1 Å². The number of carboxylic acids is 1. The van der Waals surface area contributed by atoms with E-state index in [9.17, 15) is 9.59 Å². The van der Waals surface area contributed by atoms with Gasteiger partial charge in [0.1, 0.15) is 12.4 Å². The second kappa shape index (κ2) is 9.26. The first-order chi connectivity index (χ1) is 10.8. The minimum atomic E-state index is -1.10. The van der Waals surface area contributed by atoms with Crippen molar-refractivity contribution in [2.24, 2.45) is 11.7 Å². The van der Waals surface area contributed by atoms with Crippen molar-refractivity contribution in [3.05, 3.63) is 18.2 Å². The van der Waals surface area contributed by atoms with Crippen molar-refractivity contribution in [3.63, 3.8) is 0 Å². The van der Waals surface area contributed by atoms with Gasteiger partial charge in [0.2, 0.25) is 0 Å². The highest BCUT2D eigenvalue weighted by Crippen LogP contribution is 2.06. The van der Waals surface area contributed by atoms with E-state index in [2.05, 4.69) is 24.1 Å². The van der Waals surface area contributed by atoms with E-state index < -0.39 is 12.0 Å². The van der Waals surface area contributed by atoms with Crippen molar-refractivity contribution < 1.29 is 19.4 Å². The average molecular weight is 326 g/mol. The van der Waals surface area contributed by atoms with E-state index in [0.717, 1.165) is 6.42 Å². The molecule has 8 nitrogen and oxygen atoms in total. The zero-order valence-electron chi connectivity index (χ0n) is 13.9. The molecular formula is C15H26N4O4. The summed E-state index contributed by atoms with van der Waals surface area (Å²) < 4.78 is 6.69. The third-order valence-electron chi connectivity index (χ3n) is 3.22. The van der Waals surface area contributed by atoms with Gasteiger partial charge >= 0.3 is 12.0 Å². The van der Waals surface area contributed by atoms with Crippen LogP contribution in [0.3, 0.4) is 0 Å². The van der Waals surface area contributed by atoms with Gasteiger partial charge in [0, 0.05) is 19.2 Å². The summed E-state index contributed by atoms with van der Waals surface area (Å²) in [4.78, 5) is 27.0. The lowest BCUT2D eigenvalue weighted by molar-refractivity contribution is -0.138. The van der Waals surface area contributed by atoms with Gasteiger partial charge in [0.15, 0.2) is 0 Å². The summed E-state index contributed by atoms with van der Waals surface area (Å²) >= 11 is 0. The Balaban J connectivity index is 2.64. The van der Waals surface area contributed by atoms with Gasteiger partial charge in [-0.25, -0.2) is 9.78 Å². The van der Waals surface area contributed by atoms with Crippen LogP contribution in [0, 0.1) is 5.92 Å². The fourth-order valence-corrected chi connectivity index (χ4v) is 2.14. The first-order valence-electron chi connectivity index (χ1n) is 7.73. The highest BCUT2D eigenvalue weighted by molar-refractivity contribution is 5.77. The molecule has 0 fully saturated rings.